The van der Waals surface area contributed by atoms with E-state index >= 15 is 0 Å². The SMILES string of the molecule is CCNC(C)C1CCCCN1c1ccc(C)cn1. The van der Waals surface area contributed by atoms with E-state index in [9.17, 15) is 0 Å². The number of likely N-dealkylation sites (N-methyl/N-ethyl adjacent to an activating group) is 1. The van der Waals surface area contributed by atoms with E-state index in [1.807, 2.05) is 6.20 Å². The molecule has 1 N–H and O–H groups in total. The smallest absolute Gasteiger partial charge is 0.128 e. The topological polar surface area (TPSA) is 28.2 Å². The van der Waals surface area contributed by atoms with Gasteiger partial charge in [-0.05, 0) is 51.3 Å². The molecule has 0 spiro atoms. The molecule has 2 rings (SSSR count). The molecule has 0 radical (unpaired) electrons. The standard InChI is InChI=1S/C15H25N3/c1-4-16-13(3)14-7-5-6-10-18(14)15-9-8-12(2)11-17-15/h8-9,11,13-14,16H,4-7,10H2,1-3H3. The molecule has 0 aliphatic carbocycles. The van der Waals surface area contributed by atoms with Crippen molar-refractivity contribution >= 4 is 5.82 Å². The predicted molar refractivity (Wildman–Crippen MR) is 77.1 cm³/mol. The van der Waals surface area contributed by atoms with Crippen molar-refractivity contribution in [2.45, 2.75) is 52.1 Å². The summed E-state index contributed by atoms with van der Waals surface area (Å²) in [6.07, 6.45) is 5.86. The highest BCUT2D eigenvalue weighted by Crippen LogP contribution is 2.25. The zero-order valence-electron chi connectivity index (χ0n) is 11.8. The van der Waals surface area contributed by atoms with Gasteiger partial charge in [-0.15, -0.1) is 0 Å². The molecule has 0 saturated carbocycles. The lowest BCUT2D eigenvalue weighted by atomic mass is 9.96. The minimum Gasteiger partial charge on any atom is -0.352 e. The Bertz CT molecular complexity index is 361. The first-order chi connectivity index (χ1) is 8.72. The maximum Gasteiger partial charge on any atom is 0.128 e. The van der Waals surface area contributed by atoms with Crippen LogP contribution in [0.5, 0.6) is 0 Å². The van der Waals surface area contributed by atoms with Crippen LogP contribution in [-0.4, -0.2) is 30.2 Å². The Hall–Kier alpha value is -1.09. The van der Waals surface area contributed by atoms with Crippen molar-refractivity contribution in [1.82, 2.24) is 10.3 Å². The van der Waals surface area contributed by atoms with Crippen LogP contribution in [0, 0.1) is 6.92 Å². The Morgan fingerprint density at radius 1 is 1.44 bits per heavy atom. The molecular weight excluding hydrogens is 222 g/mol. The second-order valence-electron chi connectivity index (χ2n) is 5.30. The first-order valence-corrected chi connectivity index (χ1v) is 7.15. The van der Waals surface area contributed by atoms with Crippen LogP contribution in [0.2, 0.25) is 0 Å². The second-order valence-corrected chi connectivity index (χ2v) is 5.30. The zero-order valence-corrected chi connectivity index (χ0v) is 11.8. The van der Waals surface area contributed by atoms with Gasteiger partial charge in [0.2, 0.25) is 0 Å². The third-order valence-electron chi connectivity index (χ3n) is 3.84. The van der Waals surface area contributed by atoms with Crippen LogP contribution in [-0.2, 0) is 0 Å². The first-order valence-electron chi connectivity index (χ1n) is 7.15. The van der Waals surface area contributed by atoms with E-state index in [0.717, 1.165) is 18.9 Å². The fourth-order valence-electron chi connectivity index (χ4n) is 2.85. The van der Waals surface area contributed by atoms with Gasteiger partial charge in [-0.1, -0.05) is 13.0 Å². The summed E-state index contributed by atoms with van der Waals surface area (Å²) in [6, 6.07) is 5.42. The number of piperidine rings is 1. The van der Waals surface area contributed by atoms with Gasteiger partial charge >= 0.3 is 0 Å². The maximum atomic E-state index is 4.59. The molecule has 0 amide bonds. The highest BCUT2D eigenvalue weighted by molar-refractivity contribution is 5.41. The zero-order chi connectivity index (χ0) is 13.0. The fourth-order valence-corrected chi connectivity index (χ4v) is 2.85. The molecule has 2 atom stereocenters. The minimum absolute atomic E-state index is 0.526. The van der Waals surface area contributed by atoms with Gasteiger partial charge < -0.3 is 10.2 Å². The third-order valence-corrected chi connectivity index (χ3v) is 3.84. The van der Waals surface area contributed by atoms with Crippen LogP contribution in [0.25, 0.3) is 0 Å². The van der Waals surface area contributed by atoms with Gasteiger partial charge in [-0.3, -0.25) is 0 Å². The average Bonchev–Trinajstić information content (AvgIpc) is 2.40. The van der Waals surface area contributed by atoms with Crippen molar-refractivity contribution in [2.24, 2.45) is 0 Å². The molecule has 2 unspecified atom stereocenters. The molecule has 1 aromatic heterocycles. The van der Waals surface area contributed by atoms with E-state index in [4.69, 9.17) is 0 Å². The lowest BCUT2D eigenvalue weighted by Crippen LogP contribution is -2.51. The van der Waals surface area contributed by atoms with Crippen LogP contribution in [0.3, 0.4) is 0 Å². The van der Waals surface area contributed by atoms with Crippen molar-refractivity contribution < 1.29 is 0 Å². The third kappa shape index (κ3) is 3.02. The van der Waals surface area contributed by atoms with Gasteiger partial charge in [-0.2, -0.15) is 0 Å². The number of rotatable bonds is 4. The van der Waals surface area contributed by atoms with E-state index in [0.29, 0.717) is 12.1 Å². The normalized spacial score (nSPS) is 21.9. The molecular formula is C15H25N3. The number of nitrogens with one attached hydrogen (secondary N) is 1. The van der Waals surface area contributed by atoms with Crippen LogP contribution in [0.15, 0.2) is 18.3 Å². The van der Waals surface area contributed by atoms with E-state index in [1.54, 1.807) is 0 Å². The van der Waals surface area contributed by atoms with Crippen LogP contribution < -0.4 is 10.2 Å². The van der Waals surface area contributed by atoms with Crippen LogP contribution in [0.4, 0.5) is 5.82 Å². The molecule has 0 bridgehead atoms. The summed E-state index contributed by atoms with van der Waals surface area (Å²) in [6.45, 7) is 8.73. The monoisotopic (exact) mass is 247 g/mol. The van der Waals surface area contributed by atoms with Crippen molar-refractivity contribution in [2.75, 3.05) is 18.0 Å². The van der Waals surface area contributed by atoms with Crippen molar-refractivity contribution in [1.29, 1.82) is 0 Å². The summed E-state index contributed by atoms with van der Waals surface area (Å²) in [4.78, 5) is 7.08. The first kappa shape index (κ1) is 13.3. The summed E-state index contributed by atoms with van der Waals surface area (Å²) in [7, 11) is 0. The fraction of sp³-hybridized carbons (Fsp3) is 0.667. The van der Waals surface area contributed by atoms with Crippen LogP contribution in [0.1, 0.15) is 38.7 Å². The summed E-state index contributed by atoms with van der Waals surface area (Å²) >= 11 is 0. The summed E-state index contributed by atoms with van der Waals surface area (Å²) in [5.74, 6) is 1.13. The van der Waals surface area contributed by atoms with Crippen molar-refractivity contribution in [3.63, 3.8) is 0 Å². The number of nitrogens with zero attached hydrogens (tertiary/aromatic N) is 2. The maximum absolute atomic E-state index is 4.59. The van der Waals surface area contributed by atoms with E-state index in [1.165, 1.54) is 24.8 Å². The lowest BCUT2D eigenvalue weighted by Gasteiger charge is -2.40. The molecule has 3 nitrogen and oxygen atoms in total. The van der Waals surface area contributed by atoms with Crippen molar-refractivity contribution in [3.05, 3.63) is 23.9 Å². The molecule has 0 aromatic carbocycles. The molecule has 2 heterocycles. The highest BCUT2D eigenvalue weighted by atomic mass is 15.2. The van der Waals surface area contributed by atoms with E-state index in [-0.39, 0.29) is 0 Å². The Balaban J connectivity index is 2.14. The molecule has 18 heavy (non-hydrogen) atoms. The Labute approximate surface area is 111 Å². The number of anilines is 1. The van der Waals surface area contributed by atoms with Gasteiger partial charge in [-0.25, -0.2) is 4.98 Å². The lowest BCUT2D eigenvalue weighted by molar-refractivity contribution is 0.370. The molecule has 1 aliphatic heterocycles. The molecule has 1 saturated heterocycles. The van der Waals surface area contributed by atoms with E-state index < -0.39 is 0 Å². The van der Waals surface area contributed by atoms with Gasteiger partial charge in [0.05, 0.1) is 0 Å². The minimum atomic E-state index is 0.526. The number of hydrogen-bond donors (Lipinski definition) is 1. The quantitative estimate of drug-likeness (QED) is 0.886. The summed E-state index contributed by atoms with van der Waals surface area (Å²) in [5.41, 5.74) is 1.23. The second kappa shape index (κ2) is 6.19. The van der Waals surface area contributed by atoms with Gasteiger partial charge in [0, 0.05) is 24.8 Å². The number of hydrogen-bond acceptors (Lipinski definition) is 3. The van der Waals surface area contributed by atoms with Gasteiger partial charge in [0.25, 0.3) is 0 Å². The molecule has 100 valence electrons. The molecule has 1 aromatic rings. The number of aryl methyl sites for hydroxylation is 1. The van der Waals surface area contributed by atoms with Crippen LogP contribution >= 0.6 is 0 Å². The Kier molecular flexibility index (Phi) is 4.59. The summed E-state index contributed by atoms with van der Waals surface area (Å²) < 4.78 is 0. The number of aromatic nitrogens is 1. The molecule has 3 heteroatoms. The van der Waals surface area contributed by atoms with Gasteiger partial charge in [0.1, 0.15) is 5.82 Å². The largest absolute Gasteiger partial charge is 0.352 e. The Morgan fingerprint density at radius 3 is 2.94 bits per heavy atom. The average molecular weight is 247 g/mol. The van der Waals surface area contributed by atoms with Gasteiger partial charge in [0.15, 0.2) is 0 Å². The Morgan fingerprint density at radius 2 is 2.28 bits per heavy atom. The summed E-state index contributed by atoms with van der Waals surface area (Å²) in [5, 5.41) is 3.56. The number of pyridine rings is 1. The molecule has 1 fully saturated rings. The van der Waals surface area contributed by atoms with Crippen molar-refractivity contribution in [3.8, 4) is 0 Å². The van der Waals surface area contributed by atoms with E-state index in [2.05, 4.69) is 48.1 Å². The predicted octanol–water partition coefficient (Wildman–Crippen LogP) is 2.75. The molecule has 1 aliphatic rings. The highest BCUT2D eigenvalue weighted by Gasteiger charge is 2.27.